The summed E-state index contributed by atoms with van der Waals surface area (Å²) < 4.78 is 4.87. The Morgan fingerprint density at radius 2 is 2.00 bits per heavy atom. The SMILES string of the molecule is COCC([NH-])c1ccccc1. The van der Waals surface area contributed by atoms with Crippen LogP contribution in [0, 0.1) is 0 Å². The van der Waals surface area contributed by atoms with Crippen LogP contribution in [0.15, 0.2) is 30.3 Å². The van der Waals surface area contributed by atoms with Crippen molar-refractivity contribution in [2.24, 2.45) is 0 Å². The molecule has 0 saturated carbocycles. The molecule has 0 saturated heterocycles. The minimum atomic E-state index is -0.249. The second-order valence-corrected chi connectivity index (χ2v) is 2.42. The Morgan fingerprint density at radius 3 is 2.55 bits per heavy atom. The number of hydrogen-bond donors (Lipinski definition) is 0. The molecule has 0 aliphatic heterocycles. The molecule has 1 unspecified atom stereocenters. The lowest BCUT2D eigenvalue weighted by molar-refractivity contribution is 0.191. The van der Waals surface area contributed by atoms with Crippen molar-refractivity contribution in [1.29, 1.82) is 0 Å². The molecule has 11 heavy (non-hydrogen) atoms. The first-order valence-electron chi connectivity index (χ1n) is 3.59. The summed E-state index contributed by atoms with van der Waals surface area (Å²) in [7, 11) is 1.62. The lowest BCUT2D eigenvalue weighted by Crippen LogP contribution is -2.00. The lowest BCUT2D eigenvalue weighted by Gasteiger charge is -2.18. The predicted octanol–water partition coefficient (Wildman–Crippen LogP) is 2.43. The topological polar surface area (TPSA) is 33.0 Å². The number of benzene rings is 1. The van der Waals surface area contributed by atoms with E-state index in [1.54, 1.807) is 7.11 Å². The zero-order chi connectivity index (χ0) is 8.10. The van der Waals surface area contributed by atoms with E-state index < -0.39 is 0 Å². The van der Waals surface area contributed by atoms with Crippen LogP contribution in [-0.4, -0.2) is 13.7 Å². The van der Waals surface area contributed by atoms with Crippen molar-refractivity contribution in [3.05, 3.63) is 41.6 Å². The summed E-state index contributed by atoms with van der Waals surface area (Å²) in [6.45, 7) is 0.462. The number of hydrogen-bond acceptors (Lipinski definition) is 1. The molecular weight excluding hydrogens is 138 g/mol. The summed E-state index contributed by atoms with van der Waals surface area (Å²) in [6.07, 6.45) is 0. The molecule has 2 nitrogen and oxygen atoms in total. The molecule has 60 valence electrons. The molecule has 0 aromatic heterocycles. The molecule has 0 radical (unpaired) electrons. The molecule has 0 bridgehead atoms. The van der Waals surface area contributed by atoms with Gasteiger partial charge in [-0.05, 0) is 0 Å². The fraction of sp³-hybridized carbons (Fsp3) is 0.333. The van der Waals surface area contributed by atoms with Gasteiger partial charge in [-0.25, -0.2) is 0 Å². The fourth-order valence-electron chi connectivity index (χ4n) is 0.948. The minimum Gasteiger partial charge on any atom is -0.669 e. The van der Waals surface area contributed by atoms with Crippen molar-refractivity contribution in [1.82, 2.24) is 0 Å². The predicted molar refractivity (Wildman–Crippen MR) is 45.4 cm³/mol. The van der Waals surface area contributed by atoms with Crippen LogP contribution in [0.25, 0.3) is 5.73 Å². The maximum atomic E-state index is 7.59. The van der Waals surface area contributed by atoms with Crippen molar-refractivity contribution in [2.45, 2.75) is 6.04 Å². The van der Waals surface area contributed by atoms with Crippen LogP contribution >= 0.6 is 0 Å². The first-order valence-corrected chi connectivity index (χ1v) is 3.59. The van der Waals surface area contributed by atoms with Gasteiger partial charge in [0.1, 0.15) is 0 Å². The largest absolute Gasteiger partial charge is 0.669 e. The molecule has 0 aliphatic carbocycles. The maximum Gasteiger partial charge on any atom is 0.0354 e. The Labute approximate surface area is 67.0 Å². The van der Waals surface area contributed by atoms with E-state index in [1.165, 1.54) is 0 Å². The third-order valence-electron chi connectivity index (χ3n) is 1.54. The van der Waals surface area contributed by atoms with E-state index in [0.717, 1.165) is 5.56 Å². The van der Waals surface area contributed by atoms with Crippen LogP contribution in [0.5, 0.6) is 0 Å². The van der Waals surface area contributed by atoms with Gasteiger partial charge < -0.3 is 10.5 Å². The van der Waals surface area contributed by atoms with Gasteiger partial charge in [0.05, 0.1) is 0 Å². The summed E-state index contributed by atoms with van der Waals surface area (Å²) in [4.78, 5) is 0. The molecule has 1 aromatic carbocycles. The van der Waals surface area contributed by atoms with Gasteiger partial charge in [-0.2, -0.15) is 0 Å². The van der Waals surface area contributed by atoms with Gasteiger partial charge in [0.25, 0.3) is 0 Å². The first kappa shape index (κ1) is 8.24. The highest BCUT2D eigenvalue weighted by atomic mass is 16.5. The summed E-state index contributed by atoms with van der Waals surface area (Å²) in [6, 6.07) is 9.45. The average molecular weight is 150 g/mol. The monoisotopic (exact) mass is 150 g/mol. The highest BCUT2D eigenvalue weighted by Crippen LogP contribution is 2.14. The van der Waals surface area contributed by atoms with E-state index in [1.807, 2.05) is 30.3 Å². The van der Waals surface area contributed by atoms with E-state index in [9.17, 15) is 0 Å². The molecule has 0 fully saturated rings. The molecule has 1 N–H and O–H groups in total. The second kappa shape index (κ2) is 4.11. The molecule has 2 heteroatoms. The van der Waals surface area contributed by atoms with Crippen molar-refractivity contribution in [3.63, 3.8) is 0 Å². The normalized spacial score (nSPS) is 12.9. The highest BCUT2D eigenvalue weighted by molar-refractivity contribution is 5.20. The van der Waals surface area contributed by atoms with E-state index in [4.69, 9.17) is 10.5 Å². The summed E-state index contributed by atoms with van der Waals surface area (Å²) in [5.41, 5.74) is 8.60. The quantitative estimate of drug-likeness (QED) is 0.651. The second-order valence-electron chi connectivity index (χ2n) is 2.42. The van der Waals surface area contributed by atoms with Gasteiger partial charge in [-0.3, -0.25) is 0 Å². The zero-order valence-electron chi connectivity index (χ0n) is 6.58. The number of nitrogens with one attached hydrogen (secondary N) is 1. The summed E-state index contributed by atoms with van der Waals surface area (Å²) >= 11 is 0. The molecule has 0 heterocycles. The lowest BCUT2D eigenvalue weighted by atomic mass is 10.1. The third-order valence-corrected chi connectivity index (χ3v) is 1.54. The molecule has 1 aromatic rings. The summed E-state index contributed by atoms with van der Waals surface area (Å²) in [5.74, 6) is 0. The molecular formula is C9H12NO-. The summed E-state index contributed by atoms with van der Waals surface area (Å²) in [5, 5.41) is 0. The average Bonchev–Trinajstić information content (AvgIpc) is 2.07. The minimum absolute atomic E-state index is 0.249. The van der Waals surface area contributed by atoms with Gasteiger partial charge in [-0.1, -0.05) is 41.9 Å². The number of ether oxygens (including phenoxy) is 1. The van der Waals surface area contributed by atoms with Gasteiger partial charge in [0.15, 0.2) is 0 Å². The Bertz CT molecular complexity index is 198. The van der Waals surface area contributed by atoms with Crippen molar-refractivity contribution in [3.8, 4) is 0 Å². The first-order chi connectivity index (χ1) is 5.34. The standard InChI is InChI=1S/C9H12NO/c1-11-7-9(10)8-5-3-2-4-6-8/h2-6,9-10H,7H2,1H3/q-1. The molecule has 1 atom stereocenters. The van der Waals surface area contributed by atoms with Crippen molar-refractivity contribution < 1.29 is 4.74 Å². The molecule has 1 rings (SSSR count). The molecule has 0 amide bonds. The van der Waals surface area contributed by atoms with E-state index >= 15 is 0 Å². The zero-order valence-corrected chi connectivity index (χ0v) is 6.58. The van der Waals surface area contributed by atoms with Crippen LogP contribution in [-0.2, 0) is 4.74 Å². The van der Waals surface area contributed by atoms with E-state index in [2.05, 4.69) is 0 Å². The van der Waals surface area contributed by atoms with Crippen LogP contribution in [0.4, 0.5) is 0 Å². The molecule has 0 aliphatic rings. The Hall–Kier alpha value is -0.860. The van der Waals surface area contributed by atoms with Gasteiger partial charge in [-0.15, -0.1) is 0 Å². The number of rotatable bonds is 3. The van der Waals surface area contributed by atoms with E-state index in [-0.39, 0.29) is 6.04 Å². The maximum absolute atomic E-state index is 7.59. The van der Waals surface area contributed by atoms with Gasteiger partial charge in [0, 0.05) is 13.7 Å². The van der Waals surface area contributed by atoms with Crippen LogP contribution in [0.3, 0.4) is 0 Å². The Morgan fingerprint density at radius 1 is 1.36 bits per heavy atom. The van der Waals surface area contributed by atoms with E-state index in [0.29, 0.717) is 6.61 Å². The fourth-order valence-corrected chi connectivity index (χ4v) is 0.948. The smallest absolute Gasteiger partial charge is 0.0354 e. The van der Waals surface area contributed by atoms with Gasteiger partial charge >= 0.3 is 0 Å². The van der Waals surface area contributed by atoms with Crippen LogP contribution < -0.4 is 0 Å². The highest BCUT2D eigenvalue weighted by Gasteiger charge is 1.94. The van der Waals surface area contributed by atoms with Gasteiger partial charge in [0.2, 0.25) is 0 Å². The third kappa shape index (κ3) is 2.33. The van der Waals surface area contributed by atoms with Crippen molar-refractivity contribution in [2.75, 3.05) is 13.7 Å². The van der Waals surface area contributed by atoms with Crippen molar-refractivity contribution >= 4 is 0 Å². The Balaban J connectivity index is 2.61. The Kier molecular flexibility index (Phi) is 3.08. The molecule has 0 spiro atoms. The van der Waals surface area contributed by atoms with Crippen LogP contribution in [0.1, 0.15) is 11.6 Å². The van der Waals surface area contributed by atoms with Crippen LogP contribution in [0.2, 0.25) is 0 Å². The number of methoxy groups -OCH3 is 1.